The highest BCUT2D eigenvalue weighted by atomic mass is 35.5. The number of amides is 2. The minimum Gasteiger partial charge on any atom is -0.326 e. The van der Waals surface area contributed by atoms with Gasteiger partial charge in [0, 0.05) is 22.8 Å². The monoisotopic (exact) mass is 279 g/mol. The van der Waals surface area contributed by atoms with E-state index < -0.39 is 0 Å². The van der Waals surface area contributed by atoms with E-state index in [0.717, 1.165) is 5.71 Å². The Morgan fingerprint density at radius 3 is 2.84 bits per heavy atom. The van der Waals surface area contributed by atoms with Gasteiger partial charge in [0.05, 0.1) is 5.92 Å². The van der Waals surface area contributed by atoms with Gasteiger partial charge in [-0.2, -0.15) is 5.10 Å². The molecule has 0 saturated carbocycles. The van der Waals surface area contributed by atoms with Crippen LogP contribution in [0.1, 0.15) is 19.8 Å². The van der Waals surface area contributed by atoms with Crippen LogP contribution in [0.2, 0.25) is 5.02 Å². The molecule has 0 aromatic heterocycles. The summed E-state index contributed by atoms with van der Waals surface area (Å²) in [5.41, 5.74) is 3.90. The number of nitrogens with zero attached hydrogens (tertiary/aromatic N) is 1. The number of nitrogens with one attached hydrogen (secondary N) is 2. The van der Waals surface area contributed by atoms with Crippen molar-refractivity contribution in [2.45, 2.75) is 19.8 Å². The lowest BCUT2D eigenvalue weighted by Gasteiger charge is -2.19. The molecule has 100 valence electrons. The van der Waals surface area contributed by atoms with E-state index >= 15 is 0 Å². The molecular formula is C13H14ClN3O2. The van der Waals surface area contributed by atoms with Crippen LogP contribution < -0.4 is 10.7 Å². The van der Waals surface area contributed by atoms with Crippen molar-refractivity contribution >= 4 is 34.8 Å². The fourth-order valence-corrected chi connectivity index (χ4v) is 2.00. The highest BCUT2D eigenvalue weighted by Crippen LogP contribution is 2.17. The summed E-state index contributed by atoms with van der Waals surface area (Å²) in [6.45, 7) is 1.82. The van der Waals surface area contributed by atoms with Crippen LogP contribution in [0, 0.1) is 5.92 Å². The van der Waals surface area contributed by atoms with Crippen LogP contribution in [0.15, 0.2) is 29.4 Å². The van der Waals surface area contributed by atoms with Crippen LogP contribution >= 0.6 is 11.6 Å². The van der Waals surface area contributed by atoms with Crippen molar-refractivity contribution in [3.63, 3.8) is 0 Å². The zero-order chi connectivity index (χ0) is 13.8. The maximum Gasteiger partial charge on any atom is 0.244 e. The van der Waals surface area contributed by atoms with Gasteiger partial charge in [-0.05, 0) is 37.6 Å². The molecule has 0 saturated heterocycles. The molecule has 5 nitrogen and oxygen atoms in total. The zero-order valence-corrected chi connectivity index (χ0v) is 11.2. The number of carbonyl (C=O) groups excluding carboxylic acids is 2. The smallest absolute Gasteiger partial charge is 0.244 e. The van der Waals surface area contributed by atoms with Crippen LogP contribution in [0.5, 0.6) is 0 Å². The van der Waals surface area contributed by atoms with Gasteiger partial charge in [0.1, 0.15) is 0 Å². The minimum absolute atomic E-state index is 0.140. The molecule has 1 aromatic carbocycles. The van der Waals surface area contributed by atoms with Gasteiger partial charge in [-0.25, -0.2) is 5.43 Å². The molecule has 19 heavy (non-hydrogen) atoms. The number of carbonyl (C=O) groups is 2. The second kappa shape index (κ2) is 5.84. The fourth-order valence-electron chi connectivity index (χ4n) is 1.87. The highest BCUT2D eigenvalue weighted by molar-refractivity contribution is 6.30. The molecule has 6 heteroatoms. The zero-order valence-electron chi connectivity index (χ0n) is 10.4. The van der Waals surface area contributed by atoms with Gasteiger partial charge in [-0.15, -0.1) is 0 Å². The summed E-state index contributed by atoms with van der Waals surface area (Å²) >= 11 is 5.76. The first kappa shape index (κ1) is 13.5. The second-order valence-corrected chi connectivity index (χ2v) is 4.92. The maximum absolute atomic E-state index is 11.9. The maximum atomic E-state index is 11.9. The van der Waals surface area contributed by atoms with Crippen molar-refractivity contribution in [3.8, 4) is 0 Å². The third-order valence-corrected chi connectivity index (χ3v) is 3.08. The first-order chi connectivity index (χ1) is 9.04. The van der Waals surface area contributed by atoms with E-state index in [4.69, 9.17) is 11.6 Å². The van der Waals surface area contributed by atoms with Gasteiger partial charge < -0.3 is 5.32 Å². The average molecular weight is 280 g/mol. The Bertz CT molecular complexity index is 525. The fraction of sp³-hybridized carbons (Fsp3) is 0.308. The number of hydrogen-bond acceptors (Lipinski definition) is 3. The Morgan fingerprint density at radius 1 is 1.47 bits per heavy atom. The van der Waals surface area contributed by atoms with Crippen molar-refractivity contribution in [1.29, 1.82) is 0 Å². The topological polar surface area (TPSA) is 70.6 Å². The molecule has 2 N–H and O–H groups in total. The van der Waals surface area contributed by atoms with E-state index in [9.17, 15) is 9.59 Å². The highest BCUT2D eigenvalue weighted by Gasteiger charge is 2.25. The summed E-state index contributed by atoms with van der Waals surface area (Å²) in [5.74, 6) is -0.765. The Balaban J connectivity index is 1.92. The van der Waals surface area contributed by atoms with Crippen LogP contribution in [0.3, 0.4) is 0 Å². The summed E-state index contributed by atoms with van der Waals surface area (Å²) in [6.07, 6.45) is 0.654. The summed E-state index contributed by atoms with van der Waals surface area (Å²) < 4.78 is 0. The molecule has 0 radical (unpaired) electrons. The number of halogens is 1. The molecule has 1 aromatic rings. The van der Waals surface area contributed by atoms with Crippen LogP contribution in [0.4, 0.5) is 5.69 Å². The molecule has 2 rings (SSSR count). The molecule has 1 aliphatic rings. The van der Waals surface area contributed by atoms with E-state index in [0.29, 0.717) is 17.1 Å². The number of rotatable bonds is 3. The van der Waals surface area contributed by atoms with Crippen molar-refractivity contribution in [2.75, 3.05) is 5.32 Å². The standard InChI is InChI=1S/C13H14ClN3O2/c1-8-6-9(13(19)17-16-8)7-12(18)15-11-4-2-10(14)3-5-11/h2-5,9H,6-7H2,1H3,(H,15,18)(H,17,19). The number of benzene rings is 1. The third kappa shape index (κ3) is 3.79. The van der Waals surface area contributed by atoms with E-state index in [1.807, 2.05) is 6.92 Å². The van der Waals surface area contributed by atoms with E-state index in [1.54, 1.807) is 24.3 Å². The lowest BCUT2D eigenvalue weighted by atomic mass is 9.96. The van der Waals surface area contributed by atoms with E-state index in [1.165, 1.54) is 0 Å². The Morgan fingerprint density at radius 2 is 2.16 bits per heavy atom. The summed E-state index contributed by atoms with van der Waals surface area (Å²) in [6, 6.07) is 6.82. The lowest BCUT2D eigenvalue weighted by molar-refractivity contribution is -0.128. The van der Waals surface area contributed by atoms with Gasteiger partial charge in [0.2, 0.25) is 11.8 Å². The van der Waals surface area contributed by atoms with Crippen molar-refractivity contribution < 1.29 is 9.59 Å². The van der Waals surface area contributed by atoms with Crippen molar-refractivity contribution in [3.05, 3.63) is 29.3 Å². The number of anilines is 1. The molecule has 0 spiro atoms. The Labute approximate surface area is 116 Å². The minimum atomic E-state index is -0.357. The van der Waals surface area contributed by atoms with Crippen LogP contribution in [-0.4, -0.2) is 17.5 Å². The van der Waals surface area contributed by atoms with Gasteiger partial charge in [-0.3, -0.25) is 9.59 Å². The van der Waals surface area contributed by atoms with Gasteiger partial charge in [0.25, 0.3) is 0 Å². The van der Waals surface area contributed by atoms with E-state index in [2.05, 4.69) is 15.8 Å². The average Bonchev–Trinajstić information content (AvgIpc) is 2.37. The van der Waals surface area contributed by atoms with Gasteiger partial charge >= 0.3 is 0 Å². The summed E-state index contributed by atoms with van der Waals surface area (Å²) in [7, 11) is 0. The first-order valence-corrected chi connectivity index (χ1v) is 6.31. The molecule has 1 atom stereocenters. The number of hydrazone groups is 1. The normalized spacial score (nSPS) is 18.5. The third-order valence-electron chi connectivity index (χ3n) is 2.83. The SMILES string of the molecule is CC1=NNC(=O)C(CC(=O)Nc2ccc(Cl)cc2)C1. The molecular weight excluding hydrogens is 266 g/mol. The molecule has 1 aliphatic heterocycles. The molecule has 0 aliphatic carbocycles. The lowest BCUT2D eigenvalue weighted by Crippen LogP contribution is -2.35. The van der Waals surface area contributed by atoms with Gasteiger partial charge in [0.15, 0.2) is 0 Å². The molecule has 1 heterocycles. The van der Waals surface area contributed by atoms with Gasteiger partial charge in [-0.1, -0.05) is 11.6 Å². The molecule has 2 amide bonds. The quantitative estimate of drug-likeness (QED) is 0.890. The molecule has 0 fully saturated rings. The Hall–Kier alpha value is -1.88. The molecule has 0 bridgehead atoms. The first-order valence-electron chi connectivity index (χ1n) is 5.93. The van der Waals surface area contributed by atoms with Crippen molar-refractivity contribution in [1.82, 2.24) is 5.43 Å². The van der Waals surface area contributed by atoms with E-state index in [-0.39, 0.29) is 24.2 Å². The number of hydrogen-bond donors (Lipinski definition) is 2. The summed E-state index contributed by atoms with van der Waals surface area (Å²) in [4.78, 5) is 23.4. The molecule has 1 unspecified atom stereocenters. The predicted octanol–water partition coefficient (Wildman–Crippen LogP) is 2.18. The van der Waals surface area contributed by atoms with Crippen molar-refractivity contribution in [2.24, 2.45) is 11.0 Å². The van der Waals surface area contributed by atoms with Crippen LogP contribution in [-0.2, 0) is 9.59 Å². The van der Waals surface area contributed by atoms with Crippen LogP contribution in [0.25, 0.3) is 0 Å². The second-order valence-electron chi connectivity index (χ2n) is 4.48. The predicted molar refractivity (Wildman–Crippen MR) is 74.1 cm³/mol. The summed E-state index contributed by atoms with van der Waals surface area (Å²) in [5, 5.41) is 7.18. The Kier molecular flexibility index (Phi) is 4.16. The largest absolute Gasteiger partial charge is 0.326 e.